The van der Waals surface area contributed by atoms with Crippen molar-refractivity contribution in [3.8, 4) is 0 Å². The summed E-state index contributed by atoms with van der Waals surface area (Å²) in [5.41, 5.74) is 0.980. The van der Waals surface area contributed by atoms with Crippen molar-refractivity contribution >= 4 is 23.4 Å². The van der Waals surface area contributed by atoms with E-state index < -0.39 is 0 Å². The van der Waals surface area contributed by atoms with Crippen molar-refractivity contribution in [1.29, 1.82) is 0 Å². The Morgan fingerprint density at radius 1 is 1.21 bits per heavy atom. The van der Waals surface area contributed by atoms with Gasteiger partial charge in [0.25, 0.3) is 0 Å². The molecule has 1 atom stereocenters. The molecule has 1 aromatic carbocycles. The fraction of sp³-hybridized carbons (Fsp3) is 0.375. The summed E-state index contributed by atoms with van der Waals surface area (Å²) in [6, 6.07) is 7.00. The molecular weight excluding hydrogens is 330 g/mol. The Labute approximate surface area is 144 Å². The van der Waals surface area contributed by atoms with E-state index in [0.29, 0.717) is 30.2 Å². The number of aromatic nitrogens is 3. The van der Waals surface area contributed by atoms with Crippen molar-refractivity contribution < 1.29 is 9.59 Å². The maximum atomic E-state index is 12.5. The Morgan fingerprint density at radius 2 is 1.96 bits per heavy atom. The van der Waals surface area contributed by atoms with E-state index >= 15 is 0 Å². The monoisotopic (exact) mass is 347 g/mol. The van der Waals surface area contributed by atoms with E-state index in [4.69, 9.17) is 11.6 Å². The number of benzene rings is 1. The molecule has 1 unspecified atom stereocenters. The van der Waals surface area contributed by atoms with Gasteiger partial charge in [-0.1, -0.05) is 23.7 Å². The molecule has 0 spiro atoms. The van der Waals surface area contributed by atoms with Crippen molar-refractivity contribution in [2.45, 2.75) is 38.9 Å². The number of carbonyl (C=O) groups excluding carboxylic acids is 2. The van der Waals surface area contributed by atoms with Crippen LogP contribution in [0.2, 0.25) is 5.02 Å². The molecule has 1 aliphatic heterocycles. The van der Waals surface area contributed by atoms with E-state index in [1.54, 1.807) is 12.1 Å². The summed E-state index contributed by atoms with van der Waals surface area (Å²) >= 11 is 5.86. The van der Waals surface area contributed by atoms with Crippen LogP contribution < -0.4 is 10.6 Å². The second kappa shape index (κ2) is 7.00. The summed E-state index contributed by atoms with van der Waals surface area (Å²) in [5.74, 6) is 1.16. The third-order valence-corrected chi connectivity index (χ3v) is 4.22. The molecule has 7 nitrogen and oxygen atoms in total. The second-order valence-corrected chi connectivity index (χ2v) is 6.15. The fourth-order valence-electron chi connectivity index (χ4n) is 2.77. The van der Waals surface area contributed by atoms with Gasteiger partial charge in [0.15, 0.2) is 5.82 Å². The number of hydrogen-bond acceptors (Lipinski definition) is 4. The number of nitrogens with zero attached hydrogens (tertiary/aromatic N) is 3. The lowest BCUT2D eigenvalue weighted by molar-refractivity contribution is -0.124. The molecule has 0 saturated heterocycles. The van der Waals surface area contributed by atoms with Crippen LogP contribution in [-0.4, -0.2) is 26.6 Å². The van der Waals surface area contributed by atoms with E-state index in [0.717, 1.165) is 11.4 Å². The minimum atomic E-state index is -0.342. The summed E-state index contributed by atoms with van der Waals surface area (Å²) in [5, 5.41) is 14.5. The highest BCUT2D eigenvalue weighted by Gasteiger charge is 2.32. The molecule has 2 N–H and O–H groups in total. The summed E-state index contributed by atoms with van der Waals surface area (Å²) in [6.45, 7) is 2.14. The molecule has 0 radical (unpaired) electrons. The van der Waals surface area contributed by atoms with Gasteiger partial charge < -0.3 is 15.2 Å². The van der Waals surface area contributed by atoms with Crippen LogP contribution in [0.4, 0.5) is 0 Å². The minimum absolute atomic E-state index is 0.0763. The first-order valence-corrected chi connectivity index (χ1v) is 8.11. The maximum absolute atomic E-state index is 12.5. The van der Waals surface area contributed by atoms with Crippen LogP contribution in [0.3, 0.4) is 0 Å². The van der Waals surface area contributed by atoms with Crippen molar-refractivity contribution in [3.63, 3.8) is 0 Å². The van der Waals surface area contributed by atoms with Crippen LogP contribution in [0, 0.1) is 0 Å². The van der Waals surface area contributed by atoms with Crippen LogP contribution in [0.1, 0.15) is 36.6 Å². The summed E-state index contributed by atoms with van der Waals surface area (Å²) in [7, 11) is 0. The van der Waals surface area contributed by atoms with Crippen LogP contribution in [0.25, 0.3) is 0 Å². The van der Waals surface area contributed by atoms with E-state index in [1.165, 1.54) is 6.92 Å². The van der Waals surface area contributed by atoms with Crippen molar-refractivity contribution in [3.05, 3.63) is 46.5 Å². The number of nitrogens with one attached hydrogen (secondary N) is 2. The summed E-state index contributed by atoms with van der Waals surface area (Å²) in [6.07, 6.45) is 1.39. The number of amides is 2. The third-order valence-electron chi connectivity index (χ3n) is 3.97. The van der Waals surface area contributed by atoms with Gasteiger partial charge in [0.05, 0.1) is 6.54 Å². The molecule has 8 heteroatoms. The normalized spacial score (nSPS) is 15.8. The van der Waals surface area contributed by atoms with Gasteiger partial charge in [-0.15, -0.1) is 10.2 Å². The average molecular weight is 348 g/mol. The zero-order valence-electron chi connectivity index (χ0n) is 13.3. The zero-order chi connectivity index (χ0) is 17.1. The van der Waals surface area contributed by atoms with Crippen molar-refractivity contribution in [1.82, 2.24) is 25.4 Å². The summed E-state index contributed by atoms with van der Waals surface area (Å²) in [4.78, 5) is 23.6. The molecule has 1 aliphatic rings. The average Bonchev–Trinajstić information content (AvgIpc) is 3.14. The molecule has 2 amide bonds. The highest BCUT2D eigenvalue weighted by molar-refractivity contribution is 6.30. The third kappa shape index (κ3) is 3.56. The fourth-order valence-corrected chi connectivity index (χ4v) is 2.89. The zero-order valence-corrected chi connectivity index (χ0v) is 14.0. The first-order valence-electron chi connectivity index (χ1n) is 7.74. The van der Waals surface area contributed by atoms with E-state index in [2.05, 4.69) is 20.8 Å². The molecule has 0 bridgehead atoms. The summed E-state index contributed by atoms with van der Waals surface area (Å²) < 4.78 is 1.83. The molecule has 0 saturated carbocycles. The van der Waals surface area contributed by atoms with Gasteiger partial charge in [0.2, 0.25) is 11.8 Å². The van der Waals surface area contributed by atoms with Crippen LogP contribution in [0.15, 0.2) is 24.3 Å². The Kier molecular flexibility index (Phi) is 4.80. The highest BCUT2D eigenvalue weighted by Crippen LogP contribution is 2.26. The number of fused-ring (bicyclic) bond motifs is 1. The lowest BCUT2D eigenvalue weighted by Gasteiger charge is -2.15. The van der Waals surface area contributed by atoms with Crippen LogP contribution >= 0.6 is 11.6 Å². The smallest absolute Gasteiger partial charge is 0.243 e. The van der Waals surface area contributed by atoms with E-state index in [-0.39, 0.29) is 24.4 Å². The van der Waals surface area contributed by atoms with Gasteiger partial charge in [-0.05, 0) is 24.1 Å². The molecular formula is C16H18ClN5O2. The van der Waals surface area contributed by atoms with E-state index in [1.807, 2.05) is 16.7 Å². The van der Waals surface area contributed by atoms with Crippen LogP contribution in [0.5, 0.6) is 0 Å². The number of hydrogen-bond donors (Lipinski definition) is 2. The largest absolute Gasteiger partial charge is 0.350 e. The van der Waals surface area contributed by atoms with Gasteiger partial charge in [-0.25, -0.2) is 0 Å². The Morgan fingerprint density at radius 3 is 2.67 bits per heavy atom. The number of rotatable bonds is 5. The van der Waals surface area contributed by atoms with Gasteiger partial charge >= 0.3 is 0 Å². The van der Waals surface area contributed by atoms with Gasteiger partial charge in [-0.3, -0.25) is 9.59 Å². The van der Waals surface area contributed by atoms with Crippen molar-refractivity contribution in [2.75, 3.05) is 0 Å². The first kappa shape index (κ1) is 16.4. The van der Waals surface area contributed by atoms with Crippen LogP contribution in [-0.2, 0) is 29.1 Å². The predicted molar refractivity (Wildman–Crippen MR) is 88.2 cm³/mol. The number of halogens is 1. The molecule has 2 aromatic rings. The first-order chi connectivity index (χ1) is 11.5. The standard InChI is InChI=1S/C16H18ClN5O2/c1-10(23)18-9-15-21-20-14-7-6-13(22(14)15)16(24)19-8-11-2-4-12(17)5-3-11/h2-5,13H,6-9H2,1H3,(H,18,23)(H,19,24). The molecule has 2 heterocycles. The number of carbonyl (C=O) groups is 2. The quantitative estimate of drug-likeness (QED) is 0.855. The lowest BCUT2D eigenvalue weighted by Crippen LogP contribution is -2.32. The predicted octanol–water partition coefficient (Wildman–Crippen LogP) is 1.37. The van der Waals surface area contributed by atoms with Gasteiger partial charge in [0.1, 0.15) is 11.9 Å². The molecule has 0 aliphatic carbocycles. The lowest BCUT2D eigenvalue weighted by atomic mass is 10.2. The molecule has 3 rings (SSSR count). The van der Waals surface area contributed by atoms with Crippen molar-refractivity contribution in [2.24, 2.45) is 0 Å². The number of aryl methyl sites for hydroxylation is 1. The van der Waals surface area contributed by atoms with Gasteiger partial charge in [-0.2, -0.15) is 0 Å². The molecule has 0 fully saturated rings. The Hall–Kier alpha value is -2.41. The highest BCUT2D eigenvalue weighted by atomic mass is 35.5. The topological polar surface area (TPSA) is 88.9 Å². The maximum Gasteiger partial charge on any atom is 0.243 e. The molecule has 1 aromatic heterocycles. The minimum Gasteiger partial charge on any atom is -0.350 e. The van der Waals surface area contributed by atoms with E-state index in [9.17, 15) is 9.59 Å². The molecule has 126 valence electrons. The molecule has 24 heavy (non-hydrogen) atoms. The Balaban J connectivity index is 1.66. The van der Waals surface area contributed by atoms with Gasteiger partial charge in [0, 0.05) is 24.9 Å². The second-order valence-electron chi connectivity index (χ2n) is 5.71. The SMILES string of the molecule is CC(=O)NCc1nnc2n1C(C(=O)NCc1ccc(Cl)cc1)CC2. The Bertz CT molecular complexity index is 756.